The summed E-state index contributed by atoms with van der Waals surface area (Å²) < 4.78 is 18.3. The molecule has 2 heterocycles. The summed E-state index contributed by atoms with van der Waals surface area (Å²) in [7, 11) is 0. The number of amides is 2. The number of carbonyl (C=O) groups excluding carboxylic acids is 3. The van der Waals surface area contributed by atoms with E-state index in [0.717, 1.165) is 5.56 Å². The largest absolute Gasteiger partial charge is 0.450 e. The first-order valence-corrected chi connectivity index (χ1v) is 10.5. The van der Waals surface area contributed by atoms with E-state index in [1.165, 1.54) is 24.5 Å². The molecule has 3 N–H and O–H groups in total. The van der Waals surface area contributed by atoms with Crippen molar-refractivity contribution in [1.29, 1.82) is 0 Å². The molecule has 0 aliphatic heterocycles. The van der Waals surface area contributed by atoms with E-state index in [4.69, 9.17) is 4.74 Å². The van der Waals surface area contributed by atoms with Gasteiger partial charge >= 0.3 is 6.09 Å². The van der Waals surface area contributed by atoms with Crippen LogP contribution in [-0.4, -0.2) is 34.4 Å². The maximum atomic E-state index is 13.4. The van der Waals surface area contributed by atoms with Gasteiger partial charge in [0.25, 0.3) is 11.7 Å². The van der Waals surface area contributed by atoms with Crippen LogP contribution in [0.1, 0.15) is 28.5 Å². The van der Waals surface area contributed by atoms with Crippen molar-refractivity contribution in [3.05, 3.63) is 89.6 Å². The standard InChI is InChI=1S/C25H21FN4O4/c1-2-34-25(33)29-18-7-8-20-19(14-18)22(21(30-20)13-15-3-5-16(26)6-4-15)23(31)24(32)28-17-9-11-27-12-10-17/h3-12,14,30H,2,13H2,1H3,(H,29,33)(H,27,28,32). The smallest absolute Gasteiger partial charge is 0.411 e. The highest BCUT2D eigenvalue weighted by Crippen LogP contribution is 2.28. The van der Waals surface area contributed by atoms with Crippen LogP contribution in [0.2, 0.25) is 0 Å². The van der Waals surface area contributed by atoms with E-state index in [-0.39, 0.29) is 24.4 Å². The highest BCUT2D eigenvalue weighted by Gasteiger charge is 2.25. The first-order chi connectivity index (χ1) is 16.4. The van der Waals surface area contributed by atoms with Gasteiger partial charge in [-0.1, -0.05) is 12.1 Å². The SMILES string of the molecule is CCOC(=O)Nc1ccc2[nH]c(Cc3ccc(F)cc3)c(C(=O)C(=O)Nc3ccncc3)c2c1. The fraction of sp³-hybridized carbons (Fsp3) is 0.120. The zero-order valence-corrected chi connectivity index (χ0v) is 18.2. The first kappa shape index (κ1) is 22.7. The molecule has 2 amide bonds. The second kappa shape index (κ2) is 9.95. The van der Waals surface area contributed by atoms with E-state index in [1.54, 1.807) is 49.4 Å². The number of hydrogen-bond acceptors (Lipinski definition) is 5. The summed E-state index contributed by atoms with van der Waals surface area (Å²) in [6.07, 6.45) is 2.63. The number of anilines is 2. The van der Waals surface area contributed by atoms with Crippen LogP contribution in [0.5, 0.6) is 0 Å². The Morgan fingerprint density at radius 3 is 2.41 bits per heavy atom. The van der Waals surface area contributed by atoms with Crippen molar-refractivity contribution >= 4 is 40.1 Å². The highest BCUT2D eigenvalue weighted by molar-refractivity contribution is 6.48. The first-order valence-electron chi connectivity index (χ1n) is 10.5. The minimum Gasteiger partial charge on any atom is -0.450 e. The van der Waals surface area contributed by atoms with Gasteiger partial charge in [0, 0.05) is 46.8 Å². The molecule has 34 heavy (non-hydrogen) atoms. The van der Waals surface area contributed by atoms with Gasteiger partial charge in [-0.05, 0) is 55.0 Å². The number of benzene rings is 2. The number of rotatable bonds is 7. The van der Waals surface area contributed by atoms with Gasteiger partial charge in [-0.25, -0.2) is 9.18 Å². The minimum atomic E-state index is -0.823. The second-order valence-electron chi connectivity index (χ2n) is 7.41. The number of halogens is 1. The Hall–Kier alpha value is -4.53. The average Bonchev–Trinajstić information content (AvgIpc) is 3.17. The summed E-state index contributed by atoms with van der Waals surface area (Å²) in [6.45, 7) is 1.90. The van der Waals surface area contributed by atoms with E-state index in [0.29, 0.717) is 28.0 Å². The number of carbonyl (C=O) groups is 3. The molecule has 0 saturated carbocycles. The molecule has 2 aromatic heterocycles. The second-order valence-corrected chi connectivity index (χ2v) is 7.41. The molecular formula is C25H21FN4O4. The zero-order valence-electron chi connectivity index (χ0n) is 18.2. The van der Waals surface area contributed by atoms with E-state index >= 15 is 0 Å². The summed E-state index contributed by atoms with van der Waals surface area (Å²) in [5.74, 6) is -1.95. The van der Waals surface area contributed by atoms with Crippen molar-refractivity contribution in [1.82, 2.24) is 9.97 Å². The Kier molecular flexibility index (Phi) is 6.63. The van der Waals surface area contributed by atoms with Gasteiger partial charge in [0.05, 0.1) is 12.2 Å². The number of pyridine rings is 1. The lowest BCUT2D eigenvalue weighted by Crippen LogP contribution is -2.23. The molecule has 0 bridgehead atoms. The number of aromatic nitrogens is 2. The molecule has 0 radical (unpaired) electrons. The Labute approximate surface area is 194 Å². The molecule has 4 aromatic rings. The average molecular weight is 460 g/mol. The lowest BCUT2D eigenvalue weighted by Gasteiger charge is -2.08. The zero-order chi connectivity index (χ0) is 24.1. The van der Waals surface area contributed by atoms with Gasteiger partial charge in [-0.15, -0.1) is 0 Å². The molecule has 0 atom stereocenters. The lowest BCUT2D eigenvalue weighted by atomic mass is 10.0. The third-order valence-corrected chi connectivity index (χ3v) is 5.06. The van der Waals surface area contributed by atoms with Crippen LogP contribution < -0.4 is 10.6 Å². The van der Waals surface area contributed by atoms with Crippen molar-refractivity contribution in [2.24, 2.45) is 0 Å². The molecule has 0 aliphatic carbocycles. The molecule has 0 fully saturated rings. The number of hydrogen-bond donors (Lipinski definition) is 3. The van der Waals surface area contributed by atoms with Crippen molar-refractivity contribution in [3.63, 3.8) is 0 Å². The monoisotopic (exact) mass is 460 g/mol. The van der Waals surface area contributed by atoms with Gasteiger partial charge in [0.15, 0.2) is 0 Å². The number of Topliss-reactive ketones (excluding diaryl/α,β-unsaturated/α-hetero) is 1. The van der Waals surface area contributed by atoms with Gasteiger partial charge < -0.3 is 15.0 Å². The fourth-order valence-corrected chi connectivity index (χ4v) is 3.55. The summed E-state index contributed by atoms with van der Waals surface area (Å²) in [4.78, 5) is 45.0. The molecule has 8 nitrogen and oxygen atoms in total. The van der Waals surface area contributed by atoms with E-state index < -0.39 is 17.8 Å². The number of ketones is 1. The Balaban J connectivity index is 1.73. The third-order valence-electron chi connectivity index (χ3n) is 5.06. The molecular weight excluding hydrogens is 439 g/mol. The van der Waals surface area contributed by atoms with Crippen LogP contribution in [0.3, 0.4) is 0 Å². The third kappa shape index (κ3) is 5.09. The molecule has 2 aromatic carbocycles. The summed E-state index contributed by atoms with van der Waals surface area (Å²) >= 11 is 0. The van der Waals surface area contributed by atoms with Crippen LogP contribution >= 0.6 is 0 Å². The lowest BCUT2D eigenvalue weighted by molar-refractivity contribution is -0.112. The minimum absolute atomic E-state index is 0.165. The van der Waals surface area contributed by atoms with Gasteiger partial charge in [-0.3, -0.25) is 19.9 Å². The fourth-order valence-electron chi connectivity index (χ4n) is 3.55. The molecule has 9 heteroatoms. The van der Waals surface area contributed by atoms with Crippen LogP contribution in [0.4, 0.5) is 20.6 Å². The maximum absolute atomic E-state index is 13.4. The van der Waals surface area contributed by atoms with Crippen molar-refractivity contribution in [3.8, 4) is 0 Å². The number of nitrogens with zero attached hydrogens (tertiary/aromatic N) is 1. The van der Waals surface area contributed by atoms with Crippen molar-refractivity contribution in [2.75, 3.05) is 17.2 Å². The van der Waals surface area contributed by atoms with Crippen LogP contribution in [0.15, 0.2) is 67.0 Å². The van der Waals surface area contributed by atoms with Gasteiger partial charge in [0.2, 0.25) is 0 Å². The number of H-pyrrole nitrogens is 1. The van der Waals surface area contributed by atoms with Crippen LogP contribution in [0, 0.1) is 5.82 Å². The van der Waals surface area contributed by atoms with Crippen molar-refractivity contribution < 1.29 is 23.5 Å². The molecule has 0 spiro atoms. The summed E-state index contributed by atoms with van der Waals surface area (Å²) in [6, 6.07) is 14.0. The normalized spacial score (nSPS) is 10.6. The molecule has 4 rings (SSSR count). The Bertz CT molecular complexity index is 1350. The quantitative estimate of drug-likeness (QED) is 0.274. The van der Waals surface area contributed by atoms with Crippen LogP contribution in [-0.2, 0) is 16.0 Å². The predicted molar refractivity (Wildman–Crippen MR) is 125 cm³/mol. The molecule has 0 aliphatic rings. The number of ether oxygens (including phenoxy) is 1. The molecule has 0 saturated heterocycles. The van der Waals surface area contributed by atoms with Gasteiger partial charge in [-0.2, -0.15) is 0 Å². The Morgan fingerprint density at radius 1 is 0.971 bits per heavy atom. The van der Waals surface area contributed by atoms with E-state index in [2.05, 4.69) is 20.6 Å². The topological polar surface area (TPSA) is 113 Å². The summed E-state index contributed by atoms with van der Waals surface area (Å²) in [5, 5.41) is 5.63. The van der Waals surface area contributed by atoms with Crippen molar-refractivity contribution in [2.45, 2.75) is 13.3 Å². The Morgan fingerprint density at radius 2 is 1.71 bits per heavy atom. The molecule has 0 unspecified atom stereocenters. The van der Waals surface area contributed by atoms with E-state index in [9.17, 15) is 18.8 Å². The van der Waals surface area contributed by atoms with Crippen LogP contribution in [0.25, 0.3) is 10.9 Å². The highest BCUT2D eigenvalue weighted by atomic mass is 19.1. The van der Waals surface area contributed by atoms with E-state index in [1.807, 2.05) is 0 Å². The number of nitrogens with one attached hydrogen (secondary N) is 3. The number of aromatic amines is 1. The predicted octanol–water partition coefficient (Wildman–Crippen LogP) is 4.68. The summed E-state index contributed by atoms with van der Waals surface area (Å²) in [5.41, 5.74) is 2.84. The molecule has 172 valence electrons. The van der Waals surface area contributed by atoms with Gasteiger partial charge in [0.1, 0.15) is 5.82 Å². The number of fused-ring (bicyclic) bond motifs is 1. The maximum Gasteiger partial charge on any atom is 0.411 e.